The Kier molecular flexibility index (Phi) is 4.47. The molecular weight excluding hydrogens is 399 g/mol. The zero-order valence-corrected chi connectivity index (χ0v) is 16.3. The number of benzene rings is 2. The molecule has 0 saturated heterocycles. The van der Waals surface area contributed by atoms with Crippen LogP contribution in [0.5, 0.6) is 5.75 Å². The number of hydrogen-bond donors (Lipinski definition) is 1. The monoisotopic (exact) mass is 414 g/mol. The van der Waals surface area contributed by atoms with Crippen molar-refractivity contribution in [3.8, 4) is 17.1 Å². The molecule has 0 spiro atoms. The van der Waals surface area contributed by atoms with Crippen molar-refractivity contribution in [3.05, 3.63) is 83.0 Å². The molecule has 9 heteroatoms. The summed E-state index contributed by atoms with van der Waals surface area (Å²) in [5.74, 6) is 0.765. The van der Waals surface area contributed by atoms with Gasteiger partial charge in [-0.1, -0.05) is 12.1 Å². The van der Waals surface area contributed by atoms with Gasteiger partial charge in [0, 0.05) is 17.1 Å². The summed E-state index contributed by atoms with van der Waals surface area (Å²) >= 11 is 0. The Morgan fingerprint density at radius 2 is 1.84 bits per heavy atom. The van der Waals surface area contributed by atoms with Crippen molar-refractivity contribution in [2.24, 2.45) is 0 Å². The number of aromatic nitrogens is 5. The highest BCUT2D eigenvalue weighted by Gasteiger charge is 2.17. The minimum absolute atomic E-state index is 0.117. The van der Waals surface area contributed by atoms with Gasteiger partial charge >= 0.3 is 0 Å². The predicted molar refractivity (Wildman–Crippen MR) is 114 cm³/mol. The highest BCUT2D eigenvalue weighted by Crippen LogP contribution is 2.27. The molecule has 0 saturated carbocycles. The number of para-hydroxylation sites is 1. The maximum absolute atomic E-state index is 14.5. The van der Waals surface area contributed by atoms with Crippen LogP contribution >= 0.6 is 0 Å². The van der Waals surface area contributed by atoms with Crippen LogP contribution < -0.4 is 15.6 Å². The van der Waals surface area contributed by atoms with Crippen molar-refractivity contribution in [1.29, 1.82) is 0 Å². The molecule has 8 nitrogen and oxygen atoms in total. The van der Waals surface area contributed by atoms with Crippen LogP contribution in [0.4, 0.5) is 16.0 Å². The minimum atomic E-state index is -0.504. The van der Waals surface area contributed by atoms with E-state index in [0.717, 1.165) is 5.56 Å². The highest BCUT2D eigenvalue weighted by atomic mass is 19.1. The molecule has 3 heterocycles. The summed E-state index contributed by atoms with van der Waals surface area (Å²) in [7, 11) is 1.59. The van der Waals surface area contributed by atoms with Crippen molar-refractivity contribution in [2.45, 2.75) is 0 Å². The van der Waals surface area contributed by atoms with Crippen LogP contribution in [-0.4, -0.2) is 31.7 Å². The Morgan fingerprint density at radius 1 is 1.00 bits per heavy atom. The molecule has 3 aromatic heterocycles. The first-order valence-electron chi connectivity index (χ1n) is 9.36. The van der Waals surface area contributed by atoms with Crippen molar-refractivity contribution in [3.63, 3.8) is 0 Å². The summed E-state index contributed by atoms with van der Waals surface area (Å²) in [6, 6.07) is 16.7. The SMILES string of the molecule is COc1ccc(-c2nc3c4cccc(F)c4nc(Nc4ccccnc4=O)n3n2)cc1. The van der Waals surface area contributed by atoms with Crippen LogP contribution in [0, 0.1) is 5.82 Å². The van der Waals surface area contributed by atoms with Gasteiger partial charge in [0.1, 0.15) is 22.8 Å². The molecule has 0 amide bonds. The molecule has 5 rings (SSSR count). The van der Waals surface area contributed by atoms with Crippen LogP contribution in [0.25, 0.3) is 27.9 Å². The van der Waals surface area contributed by atoms with Gasteiger partial charge in [0.05, 0.1) is 7.11 Å². The molecule has 0 aliphatic rings. The lowest BCUT2D eigenvalue weighted by Crippen LogP contribution is -2.12. The largest absolute Gasteiger partial charge is 0.497 e. The van der Waals surface area contributed by atoms with E-state index in [0.29, 0.717) is 22.6 Å². The molecule has 0 aliphatic carbocycles. The Balaban J connectivity index is 1.75. The van der Waals surface area contributed by atoms with Crippen LogP contribution in [0.2, 0.25) is 0 Å². The molecule has 0 fully saturated rings. The summed E-state index contributed by atoms with van der Waals surface area (Å²) in [6.45, 7) is 0. The van der Waals surface area contributed by atoms with Gasteiger partial charge < -0.3 is 10.1 Å². The number of nitrogens with zero attached hydrogens (tertiary/aromatic N) is 5. The molecular formula is C22H15FN6O2. The molecule has 0 bridgehead atoms. The van der Waals surface area contributed by atoms with Crippen molar-refractivity contribution >= 4 is 28.2 Å². The van der Waals surface area contributed by atoms with Gasteiger partial charge in [-0.25, -0.2) is 19.3 Å². The number of nitrogens with one attached hydrogen (secondary N) is 1. The standard InChI is InChI=1S/C22H15FN6O2/c1-31-14-10-8-13(9-11-14)19-27-20-15-5-4-6-16(23)18(15)26-22(29(20)28-19)25-17-7-2-3-12-24-21(17)30/h2-12H,1H3,(H,24,25,26,30). The first-order chi connectivity index (χ1) is 15.1. The third-order valence-corrected chi connectivity index (χ3v) is 4.73. The summed E-state index contributed by atoms with van der Waals surface area (Å²) in [6.07, 6.45) is 1.40. The van der Waals surface area contributed by atoms with Gasteiger partial charge in [-0.2, -0.15) is 4.52 Å². The molecule has 0 radical (unpaired) electrons. The van der Waals surface area contributed by atoms with Crippen molar-refractivity contribution < 1.29 is 9.13 Å². The second-order valence-electron chi connectivity index (χ2n) is 6.64. The minimum Gasteiger partial charge on any atom is -0.497 e. The first kappa shape index (κ1) is 18.6. The number of methoxy groups -OCH3 is 1. The summed E-state index contributed by atoms with van der Waals surface area (Å²) in [4.78, 5) is 25.0. The molecule has 31 heavy (non-hydrogen) atoms. The highest BCUT2D eigenvalue weighted by molar-refractivity contribution is 5.93. The summed E-state index contributed by atoms with van der Waals surface area (Å²) < 4.78 is 21.2. The van der Waals surface area contributed by atoms with Crippen molar-refractivity contribution in [2.75, 3.05) is 12.4 Å². The van der Waals surface area contributed by atoms with Crippen LogP contribution in [0.1, 0.15) is 0 Å². The molecule has 5 aromatic rings. The maximum atomic E-state index is 14.5. The average molecular weight is 414 g/mol. The number of fused-ring (bicyclic) bond motifs is 3. The quantitative estimate of drug-likeness (QED) is 0.480. The fraction of sp³-hybridized carbons (Fsp3) is 0.0455. The molecule has 0 aliphatic heterocycles. The van der Waals surface area contributed by atoms with Crippen LogP contribution in [0.3, 0.4) is 0 Å². The van der Waals surface area contributed by atoms with E-state index in [4.69, 9.17) is 4.74 Å². The second kappa shape index (κ2) is 7.45. The zero-order valence-electron chi connectivity index (χ0n) is 16.3. The van der Waals surface area contributed by atoms with E-state index in [1.165, 1.54) is 16.8 Å². The Morgan fingerprint density at radius 3 is 2.65 bits per heavy atom. The number of halogens is 1. The van der Waals surface area contributed by atoms with E-state index < -0.39 is 11.4 Å². The second-order valence-corrected chi connectivity index (χ2v) is 6.64. The fourth-order valence-corrected chi connectivity index (χ4v) is 3.21. The fourth-order valence-electron chi connectivity index (χ4n) is 3.21. The average Bonchev–Trinajstić information content (AvgIpc) is 3.15. The molecule has 0 unspecified atom stereocenters. The smallest absolute Gasteiger partial charge is 0.293 e. The number of rotatable bonds is 4. The Labute approximate surface area is 175 Å². The number of anilines is 2. The zero-order chi connectivity index (χ0) is 21.4. The Bertz CT molecular complexity index is 1480. The third kappa shape index (κ3) is 3.31. The first-order valence-corrected chi connectivity index (χ1v) is 9.36. The lowest BCUT2D eigenvalue weighted by molar-refractivity contribution is 0.415. The van der Waals surface area contributed by atoms with E-state index in [-0.39, 0.29) is 17.2 Å². The maximum Gasteiger partial charge on any atom is 0.293 e. The van der Waals surface area contributed by atoms with Gasteiger partial charge in [0.15, 0.2) is 11.5 Å². The molecule has 2 aromatic carbocycles. The summed E-state index contributed by atoms with van der Waals surface area (Å²) in [5.41, 5.74) is 0.961. The number of hydrogen-bond acceptors (Lipinski definition) is 7. The normalized spacial score (nSPS) is 11.0. The molecule has 152 valence electrons. The van der Waals surface area contributed by atoms with E-state index in [1.54, 1.807) is 49.6 Å². The van der Waals surface area contributed by atoms with Crippen LogP contribution in [0.15, 0.2) is 71.7 Å². The lowest BCUT2D eigenvalue weighted by Gasteiger charge is -2.08. The van der Waals surface area contributed by atoms with Crippen LogP contribution in [-0.2, 0) is 0 Å². The predicted octanol–water partition coefficient (Wildman–Crippen LogP) is 3.59. The van der Waals surface area contributed by atoms with E-state index in [1.807, 2.05) is 12.1 Å². The van der Waals surface area contributed by atoms with Gasteiger partial charge in [-0.3, -0.25) is 4.79 Å². The van der Waals surface area contributed by atoms with E-state index in [9.17, 15) is 9.18 Å². The van der Waals surface area contributed by atoms with E-state index >= 15 is 0 Å². The molecule has 1 N–H and O–H groups in total. The third-order valence-electron chi connectivity index (χ3n) is 4.73. The number of ether oxygens (including phenoxy) is 1. The summed E-state index contributed by atoms with van der Waals surface area (Å²) in [5, 5.41) is 7.98. The lowest BCUT2D eigenvalue weighted by atomic mass is 10.2. The van der Waals surface area contributed by atoms with Gasteiger partial charge in [0.2, 0.25) is 5.95 Å². The topological polar surface area (TPSA) is 94.3 Å². The van der Waals surface area contributed by atoms with E-state index in [2.05, 4.69) is 25.4 Å². The van der Waals surface area contributed by atoms with Gasteiger partial charge in [-0.15, -0.1) is 5.10 Å². The van der Waals surface area contributed by atoms with Gasteiger partial charge in [0.25, 0.3) is 5.56 Å². The van der Waals surface area contributed by atoms with Crippen molar-refractivity contribution in [1.82, 2.24) is 24.6 Å². The Hall–Kier alpha value is -4.40. The molecule has 0 atom stereocenters. The van der Waals surface area contributed by atoms with Gasteiger partial charge in [-0.05, 0) is 48.5 Å².